The Labute approximate surface area is 228 Å². The van der Waals surface area contributed by atoms with Crippen LogP contribution < -0.4 is 14.8 Å². The number of aryl methyl sites for hydroxylation is 1. The lowest BCUT2D eigenvalue weighted by atomic mass is 10.1. The second-order valence-corrected chi connectivity index (χ2v) is 9.65. The van der Waals surface area contributed by atoms with E-state index in [0.29, 0.717) is 33.3 Å². The molecular formula is C28H22ClN3O5S. The number of anilines is 1. The van der Waals surface area contributed by atoms with Gasteiger partial charge in [0.25, 0.3) is 11.1 Å². The first-order valence-electron chi connectivity index (χ1n) is 11.4. The molecule has 0 unspecified atom stereocenters. The number of nitrogens with zero attached hydrogens (tertiary/aromatic N) is 2. The van der Waals surface area contributed by atoms with E-state index < -0.39 is 23.6 Å². The van der Waals surface area contributed by atoms with Gasteiger partial charge >= 0.3 is 0 Å². The summed E-state index contributed by atoms with van der Waals surface area (Å²) in [4.78, 5) is 38.9. The molecule has 0 radical (unpaired) electrons. The molecule has 0 spiro atoms. The van der Waals surface area contributed by atoms with Crippen LogP contribution in [-0.4, -0.2) is 35.6 Å². The zero-order valence-electron chi connectivity index (χ0n) is 20.5. The third-order valence-corrected chi connectivity index (χ3v) is 6.95. The van der Waals surface area contributed by atoms with Gasteiger partial charge in [-0.15, -0.1) is 0 Å². The van der Waals surface area contributed by atoms with Crippen molar-refractivity contribution in [1.29, 1.82) is 5.26 Å². The van der Waals surface area contributed by atoms with Crippen LogP contribution in [0.2, 0.25) is 5.02 Å². The average Bonchev–Trinajstić information content (AvgIpc) is 3.17. The summed E-state index contributed by atoms with van der Waals surface area (Å²) in [7, 11) is 1.49. The van der Waals surface area contributed by atoms with Gasteiger partial charge in [-0.05, 0) is 66.2 Å². The maximum atomic E-state index is 12.9. The van der Waals surface area contributed by atoms with Crippen molar-refractivity contribution in [3.8, 4) is 17.6 Å². The molecular weight excluding hydrogens is 526 g/mol. The number of hydrogen-bond donors (Lipinski definition) is 1. The zero-order valence-corrected chi connectivity index (χ0v) is 22.1. The summed E-state index contributed by atoms with van der Waals surface area (Å²) in [6.07, 6.45) is 1.56. The minimum absolute atomic E-state index is 0.176. The summed E-state index contributed by atoms with van der Waals surface area (Å²) in [5.41, 5.74) is 3.20. The number of rotatable bonds is 8. The van der Waals surface area contributed by atoms with Gasteiger partial charge in [0.05, 0.1) is 23.6 Å². The van der Waals surface area contributed by atoms with Crippen LogP contribution in [0.3, 0.4) is 0 Å². The van der Waals surface area contributed by atoms with Gasteiger partial charge in [-0.2, -0.15) is 5.26 Å². The van der Waals surface area contributed by atoms with Crippen LogP contribution in [0, 0.1) is 18.3 Å². The van der Waals surface area contributed by atoms with Gasteiger partial charge in [0, 0.05) is 16.3 Å². The normalized spacial score (nSPS) is 13.9. The summed E-state index contributed by atoms with van der Waals surface area (Å²) >= 11 is 6.84. The highest BCUT2D eigenvalue weighted by Gasteiger charge is 2.36. The highest BCUT2D eigenvalue weighted by atomic mass is 35.5. The molecule has 1 heterocycles. The first-order valence-corrected chi connectivity index (χ1v) is 12.6. The molecule has 1 fully saturated rings. The molecule has 0 aliphatic carbocycles. The monoisotopic (exact) mass is 547 g/mol. The lowest BCUT2D eigenvalue weighted by Crippen LogP contribution is -2.36. The Morgan fingerprint density at radius 3 is 2.66 bits per heavy atom. The minimum Gasteiger partial charge on any atom is -0.493 e. The van der Waals surface area contributed by atoms with Gasteiger partial charge < -0.3 is 14.8 Å². The number of methoxy groups -OCH3 is 1. The van der Waals surface area contributed by atoms with E-state index in [4.69, 9.17) is 21.1 Å². The molecule has 4 rings (SSSR count). The predicted octanol–water partition coefficient (Wildman–Crippen LogP) is 5.78. The van der Waals surface area contributed by atoms with Crippen molar-refractivity contribution >= 4 is 52.2 Å². The Bertz CT molecular complexity index is 1500. The summed E-state index contributed by atoms with van der Waals surface area (Å²) < 4.78 is 11.3. The molecule has 3 amide bonds. The molecule has 1 aliphatic heterocycles. The maximum absolute atomic E-state index is 12.9. The number of carbonyl (C=O) groups excluding carboxylic acids is 3. The van der Waals surface area contributed by atoms with E-state index in [-0.39, 0.29) is 11.5 Å². The number of benzene rings is 3. The van der Waals surface area contributed by atoms with Gasteiger partial charge in [-0.1, -0.05) is 41.9 Å². The van der Waals surface area contributed by atoms with E-state index >= 15 is 0 Å². The van der Waals surface area contributed by atoms with E-state index in [0.717, 1.165) is 27.8 Å². The Hall–Kier alpha value is -4.26. The molecule has 10 heteroatoms. The molecule has 0 aromatic heterocycles. The fourth-order valence-corrected chi connectivity index (χ4v) is 4.63. The first kappa shape index (κ1) is 26.8. The number of thioether (sulfide) groups is 1. The minimum atomic E-state index is -0.565. The van der Waals surface area contributed by atoms with Crippen LogP contribution in [0.1, 0.15) is 22.3 Å². The van der Waals surface area contributed by atoms with Crippen molar-refractivity contribution < 1.29 is 23.9 Å². The second-order valence-electron chi connectivity index (χ2n) is 8.25. The van der Waals surface area contributed by atoms with Gasteiger partial charge in [0.15, 0.2) is 11.5 Å². The number of amides is 3. The smallest absolute Gasteiger partial charge is 0.294 e. The van der Waals surface area contributed by atoms with E-state index in [1.165, 1.54) is 7.11 Å². The third kappa shape index (κ3) is 6.17. The predicted molar refractivity (Wildman–Crippen MR) is 146 cm³/mol. The number of nitrogens with one attached hydrogen (secondary N) is 1. The third-order valence-electron chi connectivity index (χ3n) is 5.64. The molecule has 0 atom stereocenters. The van der Waals surface area contributed by atoms with Crippen LogP contribution in [0.15, 0.2) is 65.6 Å². The van der Waals surface area contributed by atoms with E-state index in [9.17, 15) is 19.6 Å². The molecule has 1 saturated heterocycles. The first-order chi connectivity index (χ1) is 18.3. The van der Waals surface area contributed by atoms with Gasteiger partial charge in [0.1, 0.15) is 13.2 Å². The summed E-state index contributed by atoms with van der Waals surface area (Å²) in [6.45, 7) is 1.59. The van der Waals surface area contributed by atoms with E-state index in [1.807, 2.05) is 19.1 Å². The van der Waals surface area contributed by atoms with Crippen molar-refractivity contribution in [3.63, 3.8) is 0 Å². The summed E-state index contributed by atoms with van der Waals surface area (Å²) in [6, 6.07) is 19.4. The molecule has 1 aliphatic rings. The van der Waals surface area contributed by atoms with Crippen LogP contribution in [0.25, 0.3) is 6.08 Å². The molecule has 3 aromatic carbocycles. The van der Waals surface area contributed by atoms with Gasteiger partial charge in [-0.3, -0.25) is 19.3 Å². The summed E-state index contributed by atoms with van der Waals surface area (Å²) in [5.74, 6) is -0.207. The van der Waals surface area contributed by atoms with Gasteiger partial charge in [-0.25, -0.2) is 0 Å². The Morgan fingerprint density at radius 1 is 1.13 bits per heavy atom. The van der Waals surface area contributed by atoms with Crippen molar-refractivity contribution in [2.45, 2.75) is 13.5 Å². The van der Waals surface area contributed by atoms with Crippen LogP contribution in [0.4, 0.5) is 10.5 Å². The SMILES string of the molecule is COc1cc(/C=C2\SC(=O)N(CC(=O)Nc3ccc(C)c(Cl)c3)C2=O)ccc1OCc1ccccc1C#N. The molecule has 0 saturated carbocycles. The van der Waals surface area contributed by atoms with Gasteiger partial charge in [0.2, 0.25) is 5.91 Å². The lowest BCUT2D eigenvalue weighted by Gasteiger charge is -2.13. The Morgan fingerprint density at radius 2 is 1.92 bits per heavy atom. The number of halogens is 1. The van der Waals surface area contributed by atoms with E-state index in [1.54, 1.807) is 54.6 Å². The number of carbonyl (C=O) groups is 3. The standard InChI is InChI=1S/C28H22ClN3O5S/c1-17-7-9-21(13-22(17)29)31-26(33)15-32-27(34)25(38-28(32)35)12-18-8-10-23(24(11-18)36-2)37-16-20-6-4-3-5-19(20)14-30/h3-13H,15-16H2,1-2H3,(H,31,33)/b25-12-. The fourth-order valence-electron chi connectivity index (χ4n) is 3.61. The number of ether oxygens (including phenoxy) is 2. The number of imide groups is 1. The van der Waals surface area contributed by atoms with Crippen molar-refractivity contribution in [2.24, 2.45) is 0 Å². The second kappa shape index (κ2) is 11.9. The largest absolute Gasteiger partial charge is 0.493 e. The molecule has 1 N–H and O–H groups in total. The average molecular weight is 548 g/mol. The Kier molecular flexibility index (Phi) is 8.36. The van der Waals surface area contributed by atoms with Crippen molar-refractivity contribution in [3.05, 3.63) is 92.8 Å². The maximum Gasteiger partial charge on any atom is 0.294 e. The Balaban J connectivity index is 1.43. The van der Waals surface area contributed by atoms with Crippen molar-refractivity contribution in [1.82, 2.24) is 4.90 Å². The fraction of sp³-hybridized carbons (Fsp3) is 0.143. The highest BCUT2D eigenvalue weighted by molar-refractivity contribution is 8.18. The van der Waals surface area contributed by atoms with Crippen LogP contribution in [0.5, 0.6) is 11.5 Å². The van der Waals surface area contributed by atoms with Crippen LogP contribution >= 0.6 is 23.4 Å². The quantitative estimate of drug-likeness (QED) is 0.356. The molecule has 0 bridgehead atoms. The highest BCUT2D eigenvalue weighted by Crippen LogP contribution is 2.35. The van der Waals surface area contributed by atoms with Crippen molar-refractivity contribution in [2.75, 3.05) is 19.0 Å². The van der Waals surface area contributed by atoms with E-state index in [2.05, 4.69) is 11.4 Å². The summed E-state index contributed by atoms with van der Waals surface area (Å²) in [5, 5.41) is 11.9. The number of hydrogen-bond acceptors (Lipinski definition) is 7. The van der Waals surface area contributed by atoms with Crippen LogP contribution in [-0.2, 0) is 16.2 Å². The molecule has 192 valence electrons. The number of nitriles is 1. The molecule has 38 heavy (non-hydrogen) atoms. The lowest BCUT2D eigenvalue weighted by molar-refractivity contribution is -0.127. The molecule has 3 aromatic rings. The molecule has 8 nitrogen and oxygen atoms in total. The zero-order chi connectivity index (χ0) is 27.2. The topological polar surface area (TPSA) is 109 Å².